The van der Waals surface area contributed by atoms with Crippen molar-refractivity contribution >= 4 is 5.91 Å². The number of benzene rings is 1. The Labute approximate surface area is 113 Å². The Morgan fingerprint density at radius 2 is 2.21 bits per heavy atom. The monoisotopic (exact) mass is 268 g/mol. The van der Waals surface area contributed by atoms with E-state index in [1.54, 1.807) is 6.07 Å². The minimum atomic E-state index is -0.382. The minimum Gasteiger partial charge on any atom is -0.484 e. The van der Waals surface area contributed by atoms with Gasteiger partial charge in [-0.1, -0.05) is 13.3 Å². The molecular weight excluding hydrogens is 247 g/mol. The molecule has 0 unspecified atom stereocenters. The lowest BCUT2D eigenvalue weighted by molar-refractivity contribution is -0.123. The van der Waals surface area contributed by atoms with E-state index in [2.05, 4.69) is 5.32 Å². The van der Waals surface area contributed by atoms with Crippen LogP contribution in [0.1, 0.15) is 25.3 Å². The molecule has 0 saturated heterocycles. The molecule has 5 heteroatoms. The fourth-order valence-corrected chi connectivity index (χ4v) is 1.62. The van der Waals surface area contributed by atoms with E-state index in [0.717, 1.165) is 18.4 Å². The second-order valence-corrected chi connectivity index (χ2v) is 4.33. The van der Waals surface area contributed by atoms with Gasteiger partial charge >= 0.3 is 0 Å². The Morgan fingerprint density at radius 3 is 2.89 bits per heavy atom. The van der Waals surface area contributed by atoms with Crippen molar-refractivity contribution in [1.82, 2.24) is 5.32 Å². The third-order valence-corrected chi connectivity index (χ3v) is 2.59. The number of hydrogen-bond acceptors (Lipinski definition) is 3. The van der Waals surface area contributed by atoms with Crippen molar-refractivity contribution in [3.8, 4) is 5.75 Å². The minimum absolute atomic E-state index is 0.102. The second kappa shape index (κ2) is 8.48. The number of rotatable bonds is 8. The van der Waals surface area contributed by atoms with Crippen LogP contribution < -0.4 is 15.8 Å². The molecule has 1 aromatic rings. The number of unbranched alkanes of at least 4 members (excludes halogenated alkanes) is 1. The molecule has 0 aromatic heterocycles. The Hall–Kier alpha value is -1.62. The van der Waals surface area contributed by atoms with E-state index >= 15 is 0 Å². The molecule has 1 amide bonds. The zero-order chi connectivity index (χ0) is 14.1. The highest BCUT2D eigenvalue weighted by Crippen LogP contribution is 2.16. The van der Waals surface area contributed by atoms with Gasteiger partial charge in [-0.05, 0) is 37.1 Å². The molecule has 19 heavy (non-hydrogen) atoms. The van der Waals surface area contributed by atoms with Gasteiger partial charge in [-0.3, -0.25) is 4.79 Å². The first-order valence-electron chi connectivity index (χ1n) is 6.54. The molecule has 0 bridgehead atoms. The van der Waals surface area contributed by atoms with Crippen LogP contribution in [0.4, 0.5) is 4.39 Å². The number of nitrogens with two attached hydrogens (primary N) is 1. The van der Waals surface area contributed by atoms with Gasteiger partial charge in [-0.2, -0.15) is 0 Å². The lowest BCUT2D eigenvalue weighted by Crippen LogP contribution is -2.29. The lowest BCUT2D eigenvalue weighted by atomic mass is 10.1. The molecule has 0 aliphatic carbocycles. The van der Waals surface area contributed by atoms with Crippen molar-refractivity contribution in [1.29, 1.82) is 0 Å². The normalized spacial score (nSPS) is 10.3. The smallest absolute Gasteiger partial charge is 0.257 e. The number of halogens is 1. The zero-order valence-electron chi connectivity index (χ0n) is 11.2. The van der Waals surface area contributed by atoms with E-state index in [4.69, 9.17) is 10.5 Å². The average Bonchev–Trinajstić information content (AvgIpc) is 2.36. The van der Waals surface area contributed by atoms with Crippen molar-refractivity contribution < 1.29 is 13.9 Å². The molecule has 0 aliphatic rings. The van der Waals surface area contributed by atoms with E-state index in [1.807, 2.05) is 6.92 Å². The fourth-order valence-electron chi connectivity index (χ4n) is 1.62. The molecule has 4 nitrogen and oxygen atoms in total. The number of carbonyl (C=O) groups is 1. The van der Waals surface area contributed by atoms with E-state index in [1.165, 1.54) is 12.1 Å². The van der Waals surface area contributed by atoms with Gasteiger partial charge in [0.05, 0.1) is 0 Å². The first kappa shape index (κ1) is 15.4. The fraction of sp³-hybridized carbons (Fsp3) is 0.500. The highest BCUT2D eigenvalue weighted by Gasteiger charge is 2.05. The van der Waals surface area contributed by atoms with Crippen molar-refractivity contribution in [2.24, 2.45) is 5.73 Å². The van der Waals surface area contributed by atoms with E-state index in [-0.39, 0.29) is 18.3 Å². The molecule has 106 valence electrons. The van der Waals surface area contributed by atoms with Gasteiger partial charge in [0.15, 0.2) is 6.61 Å². The number of nitrogens with one attached hydrogen (secondary N) is 1. The van der Waals surface area contributed by atoms with Crippen LogP contribution >= 0.6 is 0 Å². The van der Waals surface area contributed by atoms with Gasteiger partial charge in [0.1, 0.15) is 11.6 Å². The number of carbonyl (C=O) groups excluding carboxylic acids is 1. The van der Waals surface area contributed by atoms with Crippen LogP contribution in [0.3, 0.4) is 0 Å². The molecule has 0 fully saturated rings. The Morgan fingerprint density at radius 1 is 1.42 bits per heavy atom. The van der Waals surface area contributed by atoms with Gasteiger partial charge in [0.2, 0.25) is 0 Å². The summed E-state index contributed by atoms with van der Waals surface area (Å²) in [5, 5.41) is 2.73. The third kappa shape index (κ3) is 6.20. The van der Waals surface area contributed by atoms with Crippen LogP contribution in [0.25, 0.3) is 0 Å². The summed E-state index contributed by atoms with van der Waals surface area (Å²) >= 11 is 0. The van der Waals surface area contributed by atoms with Crippen LogP contribution in [0.5, 0.6) is 5.75 Å². The predicted molar refractivity (Wildman–Crippen MR) is 72.6 cm³/mol. The van der Waals surface area contributed by atoms with Gasteiger partial charge in [0, 0.05) is 12.6 Å². The second-order valence-electron chi connectivity index (χ2n) is 4.33. The quantitative estimate of drug-likeness (QED) is 0.704. The lowest BCUT2D eigenvalue weighted by Gasteiger charge is -2.09. The maximum atomic E-state index is 13.3. The summed E-state index contributed by atoms with van der Waals surface area (Å²) < 4.78 is 18.6. The van der Waals surface area contributed by atoms with E-state index in [9.17, 15) is 9.18 Å². The van der Waals surface area contributed by atoms with Crippen molar-refractivity contribution in [3.05, 3.63) is 29.6 Å². The van der Waals surface area contributed by atoms with Gasteiger partial charge in [0.25, 0.3) is 5.91 Å². The zero-order valence-corrected chi connectivity index (χ0v) is 11.2. The third-order valence-electron chi connectivity index (χ3n) is 2.59. The molecule has 0 heterocycles. The summed E-state index contributed by atoms with van der Waals surface area (Å²) in [5.41, 5.74) is 6.19. The summed E-state index contributed by atoms with van der Waals surface area (Å²) in [5.74, 6) is -0.223. The molecule has 3 N–H and O–H groups in total. The predicted octanol–water partition coefficient (Wildman–Crippen LogP) is 1.62. The summed E-state index contributed by atoms with van der Waals surface area (Å²) in [4.78, 5) is 11.4. The largest absolute Gasteiger partial charge is 0.484 e. The molecular formula is C14H21FN2O2. The number of ether oxygens (including phenoxy) is 1. The molecule has 0 atom stereocenters. The van der Waals surface area contributed by atoms with Gasteiger partial charge in [-0.25, -0.2) is 4.39 Å². The van der Waals surface area contributed by atoms with Crippen molar-refractivity contribution in [2.75, 3.05) is 19.7 Å². The molecule has 1 aromatic carbocycles. The molecule has 0 radical (unpaired) electrons. The van der Waals surface area contributed by atoms with Crippen LogP contribution in [0, 0.1) is 5.82 Å². The first-order chi connectivity index (χ1) is 9.15. The van der Waals surface area contributed by atoms with Crippen LogP contribution in [0.2, 0.25) is 0 Å². The first-order valence-corrected chi connectivity index (χ1v) is 6.54. The van der Waals surface area contributed by atoms with Crippen molar-refractivity contribution in [3.63, 3.8) is 0 Å². The molecule has 1 rings (SSSR count). The van der Waals surface area contributed by atoms with Crippen LogP contribution in [0.15, 0.2) is 18.2 Å². The topological polar surface area (TPSA) is 64.3 Å². The Balaban J connectivity index is 2.45. The highest BCUT2D eigenvalue weighted by atomic mass is 19.1. The van der Waals surface area contributed by atoms with E-state index < -0.39 is 0 Å². The van der Waals surface area contributed by atoms with Crippen molar-refractivity contribution in [2.45, 2.75) is 26.2 Å². The average molecular weight is 268 g/mol. The summed E-state index contributed by atoms with van der Waals surface area (Å²) in [6.45, 7) is 3.03. The van der Waals surface area contributed by atoms with Gasteiger partial charge in [-0.15, -0.1) is 0 Å². The molecule has 0 spiro atoms. The maximum absolute atomic E-state index is 13.3. The van der Waals surface area contributed by atoms with Crippen LogP contribution in [-0.4, -0.2) is 25.6 Å². The number of hydrogen-bond donors (Lipinski definition) is 2. The maximum Gasteiger partial charge on any atom is 0.257 e. The van der Waals surface area contributed by atoms with E-state index in [0.29, 0.717) is 25.3 Å². The highest BCUT2D eigenvalue weighted by molar-refractivity contribution is 5.77. The molecule has 0 saturated carbocycles. The summed E-state index contributed by atoms with van der Waals surface area (Å²) in [6, 6.07) is 4.38. The summed E-state index contributed by atoms with van der Waals surface area (Å²) in [6.07, 6.45) is 2.54. The number of amides is 1. The van der Waals surface area contributed by atoms with Gasteiger partial charge < -0.3 is 15.8 Å². The standard InChI is InChI=1S/C14H21FN2O2/c1-2-3-6-17-14(18)10-19-13-8-11(4-5-16)7-12(15)9-13/h7-9H,2-6,10,16H2,1H3,(H,17,18). The SMILES string of the molecule is CCCCNC(=O)COc1cc(F)cc(CCN)c1. The van der Waals surface area contributed by atoms with Crippen LogP contribution in [-0.2, 0) is 11.2 Å². The Kier molecular flexibility index (Phi) is 6.89. The Bertz CT molecular complexity index is 410. The molecule has 0 aliphatic heterocycles. The summed E-state index contributed by atoms with van der Waals surface area (Å²) in [7, 11) is 0.